The molecule has 1 saturated heterocycles. The maximum atomic E-state index is 12.0. The van der Waals surface area contributed by atoms with E-state index in [0.29, 0.717) is 0 Å². The number of carbonyl (C=O) groups excluding carboxylic acids is 1. The van der Waals surface area contributed by atoms with E-state index in [4.69, 9.17) is 25.6 Å². The molecule has 1 unspecified atom stereocenters. The maximum absolute atomic E-state index is 12.0. The van der Waals surface area contributed by atoms with Gasteiger partial charge < -0.3 is 14.6 Å². The molecule has 29 heavy (non-hydrogen) atoms. The molecule has 1 aromatic rings. The molecule has 6 atom stereocenters. The number of aromatic amines is 1. The second-order valence-electron chi connectivity index (χ2n) is 6.55. The van der Waals surface area contributed by atoms with E-state index in [-0.39, 0.29) is 12.7 Å². The van der Waals surface area contributed by atoms with Gasteiger partial charge in [0.2, 0.25) is 0 Å². The van der Waals surface area contributed by atoms with Crippen LogP contribution < -0.4 is 16.3 Å². The lowest BCUT2D eigenvalue weighted by Gasteiger charge is -2.24. The molecule has 14 heteroatoms. The van der Waals surface area contributed by atoms with Crippen molar-refractivity contribution in [3.8, 4) is 0 Å². The second-order valence-corrected chi connectivity index (χ2v) is 9.98. The summed E-state index contributed by atoms with van der Waals surface area (Å²) >= 11 is 9.43. The number of H-pyrrole nitrogens is 1. The highest BCUT2D eigenvalue weighted by atomic mass is 79.9. The van der Waals surface area contributed by atoms with Gasteiger partial charge in [-0.3, -0.25) is 19.1 Å². The van der Waals surface area contributed by atoms with Crippen molar-refractivity contribution in [3.63, 3.8) is 0 Å². The lowest BCUT2D eigenvalue weighted by atomic mass is 10.2. The zero-order valence-electron chi connectivity index (χ0n) is 15.7. The molecule has 11 nitrogen and oxygen atoms in total. The molecule has 3 N–H and O–H groups in total. The standard InChI is InChI=1S/C15H20BrClN3O8P/c1-7(2)27-12(23)8(3)19-29(25)26-6-9-11(22)15(16,17)13(28-9)20-5-4-10(21)18-14(20)24/h4-5,7-9,11,13,22H,6H2,1-3H3,(H-,18,19,21,24,25)/p+1/t8-,9-,11-,13-,15+/m1/s1. The second kappa shape index (κ2) is 9.78. The van der Waals surface area contributed by atoms with Gasteiger partial charge in [-0.1, -0.05) is 32.6 Å². The number of aliphatic hydroxyl groups is 1. The molecule has 1 aromatic heterocycles. The van der Waals surface area contributed by atoms with Crippen molar-refractivity contribution in [2.75, 3.05) is 6.61 Å². The largest absolute Gasteiger partial charge is 0.613 e. The minimum atomic E-state index is -2.49. The lowest BCUT2D eigenvalue weighted by Crippen LogP contribution is -2.40. The van der Waals surface area contributed by atoms with Crippen molar-refractivity contribution >= 4 is 41.7 Å². The number of nitrogens with zero attached hydrogens (tertiary/aromatic N) is 1. The summed E-state index contributed by atoms with van der Waals surface area (Å²) in [6.07, 6.45) is -2.77. The Morgan fingerprint density at radius 3 is 2.76 bits per heavy atom. The van der Waals surface area contributed by atoms with E-state index in [0.717, 1.165) is 10.6 Å². The van der Waals surface area contributed by atoms with Crippen LogP contribution in [0.4, 0.5) is 0 Å². The average Bonchev–Trinajstić information content (AvgIpc) is 2.82. The monoisotopic (exact) mass is 516 g/mol. The highest BCUT2D eigenvalue weighted by Crippen LogP contribution is 2.47. The van der Waals surface area contributed by atoms with E-state index in [1.54, 1.807) is 13.8 Å². The minimum Gasteiger partial charge on any atom is -0.462 e. The number of rotatable bonds is 8. The SMILES string of the molecule is CC(C)OC(=O)[C@@H](C)N[P+](=O)OC[C@H]1O[C@@H](n2ccc(=O)[nH]c2=O)[C@](Cl)(Br)[C@@H]1O. The van der Waals surface area contributed by atoms with Crippen LogP contribution in [0, 0.1) is 0 Å². The van der Waals surface area contributed by atoms with Crippen molar-refractivity contribution in [3.05, 3.63) is 33.1 Å². The van der Waals surface area contributed by atoms with Crippen molar-refractivity contribution in [1.29, 1.82) is 0 Å². The van der Waals surface area contributed by atoms with Gasteiger partial charge in [-0.2, -0.15) is 0 Å². The van der Waals surface area contributed by atoms with Crippen LogP contribution in [0.3, 0.4) is 0 Å². The molecule has 162 valence electrons. The van der Waals surface area contributed by atoms with E-state index in [9.17, 15) is 24.1 Å². The molecular weight excluding hydrogens is 497 g/mol. The fraction of sp³-hybridized carbons (Fsp3) is 0.667. The zero-order chi connectivity index (χ0) is 21.9. The van der Waals surface area contributed by atoms with Gasteiger partial charge in [0.05, 0.1) is 6.10 Å². The first kappa shape index (κ1) is 24.1. The number of hydrogen-bond acceptors (Lipinski definition) is 8. The predicted molar refractivity (Wildman–Crippen MR) is 106 cm³/mol. The Hall–Kier alpha value is -1.14. The Bertz CT molecular complexity index is 876. The van der Waals surface area contributed by atoms with Crippen LogP contribution in [0.15, 0.2) is 21.9 Å². The third-order valence-corrected chi connectivity index (χ3v) is 6.10. The number of aromatic nitrogens is 2. The molecule has 1 aliphatic rings. The number of halogens is 2. The number of nitrogens with one attached hydrogen (secondary N) is 2. The molecule has 0 radical (unpaired) electrons. The Morgan fingerprint density at radius 1 is 1.52 bits per heavy atom. The van der Waals surface area contributed by atoms with E-state index in [1.807, 2.05) is 0 Å². The van der Waals surface area contributed by atoms with Gasteiger partial charge in [-0.25, -0.2) is 4.79 Å². The smallest absolute Gasteiger partial charge is 0.462 e. The normalized spacial score (nSPS) is 28.4. The molecule has 1 aliphatic heterocycles. The molecule has 0 aliphatic carbocycles. The van der Waals surface area contributed by atoms with E-state index in [2.05, 4.69) is 26.0 Å². The number of esters is 1. The first-order valence-electron chi connectivity index (χ1n) is 8.53. The number of aliphatic hydroxyl groups excluding tert-OH is 1. The molecule has 2 heterocycles. The summed E-state index contributed by atoms with van der Waals surface area (Å²) in [4.78, 5) is 37.0. The first-order valence-corrected chi connectivity index (χ1v) is 10.9. The Balaban J connectivity index is 2.00. The number of carbonyl (C=O) groups is 1. The molecular formula is C15H21BrClN3O8P+. The molecule has 0 bridgehead atoms. The molecule has 0 aromatic carbocycles. The fourth-order valence-corrected chi connectivity index (χ4v) is 4.14. The van der Waals surface area contributed by atoms with Crippen molar-refractivity contribution in [1.82, 2.24) is 14.6 Å². The summed E-state index contributed by atoms with van der Waals surface area (Å²) in [7, 11) is -2.49. The highest BCUT2D eigenvalue weighted by molar-refractivity contribution is 9.10. The Kier molecular flexibility index (Phi) is 8.14. The van der Waals surface area contributed by atoms with Crippen LogP contribution in [-0.2, 0) is 23.4 Å². The van der Waals surface area contributed by atoms with Crippen LogP contribution in [0.25, 0.3) is 0 Å². The van der Waals surface area contributed by atoms with Crippen molar-refractivity contribution in [2.24, 2.45) is 0 Å². The van der Waals surface area contributed by atoms with Gasteiger partial charge in [0.1, 0.15) is 24.9 Å². The average molecular weight is 518 g/mol. The van der Waals surface area contributed by atoms with Crippen molar-refractivity contribution < 1.29 is 28.5 Å². The van der Waals surface area contributed by atoms with Gasteiger partial charge in [-0.15, -0.1) is 4.52 Å². The number of alkyl halides is 2. The lowest BCUT2D eigenvalue weighted by molar-refractivity contribution is -0.149. The molecule has 0 saturated carbocycles. The van der Waals surface area contributed by atoms with Crippen LogP contribution in [0.2, 0.25) is 0 Å². The van der Waals surface area contributed by atoms with E-state index < -0.39 is 53.7 Å². The van der Waals surface area contributed by atoms with Crippen molar-refractivity contribution in [2.45, 2.75) is 55.1 Å². The predicted octanol–water partition coefficient (Wildman–Crippen LogP) is 0.729. The van der Waals surface area contributed by atoms with Crippen LogP contribution in [-0.4, -0.2) is 55.4 Å². The van der Waals surface area contributed by atoms with Gasteiger partial charge in [-0.05, 0) is 25.3 Å². The fourth-order valence-electron chi connectivity index (χ4n) is 2.44. The zero-order valence-corrected chi connectivity index (χ0v) is 18.9. The summed E-state index contributed by atoms with van der Waals surface area (Å²) in [6.45, 7) is 4.47. The molecule has 0 amide bonds. The van der Waals surface area contributed by atoms with Crippen LogP contribution in [0.5, 0.6) is 0 Å². The highest BCUT2D eigenvalue weighted by Gasteiger charge is 2.56. The first-order chi connectivity index (χ1) is 13.4. The summed E-state index contributed by atoms with van der Waals surface area (Å²) in [5.41, 5.74) is -1.39. The minimum absolute atomic E-state index is 0.323. The number of hydrogen-bond donors (Lipinski definition) is 3. The van der Waals surface area contributed by atoms with Crippen LogP contribution in [0.1, 0.15) is 27.0 Å². The van der Waals surface area contributed by atoms with Gasteiger partial charge in [0, 0.05) is 12.3 Å². The molecule has 2 rings (SSSR count). The number of ether oxygens (including phenoxy) is 2. The topological polar surface area (TPSA) is 149 Å². The Morgan fingerprint density at radius 2 is 2.17 bits per heavy atom. The Labute approximate surface area is 179 Å². The van der Waals surface area contributed by atoms with E-state index >= 15 is 0 Å². The van der Waals surface area contributed by atoms with Gasteiger partial charge in [0.25, 0.3) is 5.56 Å². The molecule has 1 fully saturated rings. The summed E-state index contributed by atoms with van der Waals surface area (Å²) < 4.78 is 27.1. The van der Waals surface area contributed by atoms with Crippen LogP contribution >= 0.6 is 35.7 Å². The summed E-state index contributed by atoms with van der Waals surface area (Å²) in [5.74, 6) is -0.596. The quantitative estimate of drug-likeness (QED) is 0.258. The van der Waals surface area contributed by atoms with E-state index in [1.165, 1.54) is 13.1 Å². The maximum Gasteiger partial charge on any atom is 0.613 e. The van der Waals surface area contributed by atoms with Gasteiger partial charge in [0.15, 0.2) is 10.0 Å². The third-order valence-electron chi connectivity index (χ3n) is 3.84. The van der Waals surface area contributed by atoms with Gasteiger partial charge >= 0.3 is 19.8 Å². The molecule has 0 spiro atoms. The summed E-state index contributed by atoms with van der Waals surface area (Å²) in [6, 6.07) is 0.213. The third kappa shape index (κ3) is 5.94. The summed E-state index contributed by atoms with van der Waals surface area (Å²) in [5, 5.41) is 12.9.